The van der Waals surface area contributed by atoms with E-state index in [0.29, 0.717) is 5.56 Å². The van der Waals surface area contributed by atoms with Gasteiger partial charge in [0.15, 0.2) is 6.29 Å². The Balaban J connectivity index is 0.000000158. The summed E-state index contributed by atoms with van der Waals surface area (Å²) in [5.41, 5.74) is 5.37. The zero-order valence-electron chi connectivity index (χ0n) is 16.2. The maximum absolute atomic E-state index is 12.9. The third kappa shape index (κ3) is 3.88. The van der Waals surface area contributed by atoms with Crippen LogP contribution >= 0.6 is 0 Å². The molecule has 5 heteroatoms. The molecule has 0 aliphatic rings. The Morgan fingerprint density at radius 3 is 2.23 bits per heavy atom. The van der Waals surface area contributed by atoms with Gasteiger partial charge in [0.1, 0.15) is 5.82 Å². The summed E-state index contributed by atoms with van der Waals surface area (Å²) in [6.07, 6.45) is 3.52. The summed E-state index contributed by atoms with van der Waals surface area (Å²) < 4.78 is 12.9. The number of halogens is 1. The van der Waals surface area contributed by atoms with Crippen LogP contribution in [0.15, 0.2) is 79.0 Å². The monoisotopic (exact) mass is 400 g/mol. The van der Waals surface area contributed by atoms with E-state index in [4.69, 9.17) is 5.11 Å². The maximum atomic E-state index is 12.9. The molecule has 0 spiro atoms. The average molecular weight is 400 g/mol. The number of para-hydroxylation sites is 2. The minimum Gasteiger partial charge on any atom is -0.396 e. The van der Waals surface area contributed by atoms with Crippen LogP contribution in [0.2, 0.25) is 0 Å². The van der Waals surface area contributed by atoms with Crippen LogP contribution in [-0.2, 0) is 6.42 Å². The Hall–Kier alpha value is -3.70. The van der Waals surface area contributed by atoms with E-state index in [1.165, 1.54) is 23.1 Å². The van der Waals surface area contributed by atoms with Gasteiger partial charge in [-0.15, -0.1) is 0 Å². The Labute approximate surface area is 173 Å². The van der Waals surface area contributed by atoms with Crippen molar-refractivity contribution in [2.75, 3.05) is 6.61 Å². The molecule has 0 bridgehead atoms. The highest BCUT2D eigenvalue weighted by Gasteiger charge is 2.11. The fourth-order valence-corrected chi connectivity index (χ4v) is 3.59. The van der Waals surface area contributed by atoms with Crippen molar-refractivity contribution in [2.24, 2.45) is 0 Å². The smallest absolute Gasteiger partial charge is 0.152 e. The molecule has 0 aliphatic carbocycles. The standard InChI is InChI=1S/C15H10FNO.C10H11NO/c16-11-7-5-10(6-8-11)15-13(9-18)12-3-1-2-4-14(12)17-15;12-6-5-8-7-11-10-4-2-1-3-9(8)10/h1-9,17H;1-4,7,11-12H,5-6H2. The molecule has 0 amide bonds. The van der Waals surface area contributed by atoms with Crippen LogP contribution in [0, 0.1) is 5.82 Å². The van der Waals surface area contributed by atoms with Gasteiger partial charge in [0.2, 0.25) is 0 Å². The molecular formula is C25H21FN2O2. The zero-order valence-corrected chi connectivity index (χ0v) is 16.2. The SMILES string of the molecule is O=Cc1c(-c2ccc(F)cc2)[nH]c2ccccc12.OCCc1c[nH]c2ccccc12. The lowest BCUT2D eigenvalue weighted by Crippen LogP contribution is -1.87. The van der Waals surface area contributed by atoms with Crippen LogP contribution in [0.4, 0.5) is 4.39 Å². The van der Waals surface area contributed by atoms with Crippen molar-refractivity contribution in [1.82, 2.24) is 9.97 Å². The predicted octanol–water partition coefficient (Wildman–Crippen LogP) is 5.49. The van der Waals surface area contributed by atoms with Gasteiger partial charge in [0, 0.05) is 40.2 Å². The highest BCUT2D eigenvalue weighted by atomic mass is 19.1. The van der Waals surface area contributed by atoms with Gasteiger partial charge in [-0.05, 0) is 53.9 Å². The minimum atomic E-state index is -0.289. The van der Waals surface area contributed by atoms with Gasteiger partial charge in [0.05, 0.1) is 5.69 Å². The third-order valence-corrected chi connectivity index (χ3v) is 5.05. The summed E-state index contributed by atoms with van der Waals surface area (Å²) in [4.78, 5) is 17.6. The van der Waals surface area contributed by atoms with Gasteiger partial charge in [-0.2, -0.15) is 0 Å². The summed E-state index contributed by atoms with van der Waals surface area (Å²) in [5.74, 6) is -0.289. The van der Waals surface area contributed by atoms with Crippen LogP contribution in [-0.4, -0.2) is 28.0 Å². The highest BCUT2D eigenvalue weighted by Crippen LogP contribution is 2.29. The predicted molar refractivity (Wildman–Crippen MR) is 118 cm³/mol. The van der Waals surface area contributed by atoms with E-state index >= 15 is 0 Å². The summed E-state index contributed by atoms with van der Waals surface area (Å²) in [5, 5.41) is 10.9. The summed E-state index contributed by atoms with van der Waals surface area (Å²) in [6, 6.07) is 21.8. The van der Waals surface area contributed by atoms with Crippen molar-refractivity contribution in [2.45, 2.75) is 6.42 Å². The summed E-state index contributed by atoms with van der Waals surface area (Å²) in [7, 11) is 0. The van der Waals surface area contributed by atoms with Crippen LogP contribution < -0.4 is 0 Å². The number of aliphatic hydroxyl groups excluding tert-OH is 1. The number of hydrogen-bond donors (Lipinski definition) is 3. The van der Waals surface area contributed by atoms with E-state index in [0.717, 1.165) is 40.4 Å². The van der Waals surface area contributed by atoms with Crippen molar-refractivity contribution in [3.05, 3.63) is 95.9 Å². The van der Waals surface area contributed by atoms with E-state index in [1.807, 2.05) is 48.7 Å². The highest BCUT2D eigenvalue weighted by molar-refractivity contribution is 6.04. The number of aromatic nitrogens is 2. The lowest BCUT2D eigenvalue weighted by Gasteiger charge is -1.99. The fourth-order valence-electron chi connectivity index (χ4n) is 3.59. The molecule has 0 atom stereocenters. The van der Waals surface area contributed by atoms with Gasteiger partial charge in [0.25, 0.3) is 0 Å². The molecule has 4 nitrogen and oxygen atoms in total. The number of carbonyl (C=O) groups is 1. The van der Waals surface area contributed by atoms with Crippen LogP contribution in [0.25, 0.3) is 33.1 Å². The van der Waals surface area contributed by atoms with E-state index < -0.39 is 0 Å². The first-order valence-electron chi connectivity index (χ1n) is 9.69. The second-order valence-corrected chi connectivity index (χ2v) is 6.92. The second-order valence-electron chi connectivity index (χ2n) is 6.92. The molecule has 0 radical (unpaired) electrons. The molecule has 0 unspecified atom stereocenters. The summed E-state index contributed by atoms with van der Waals surface area (Å²) in [6.45, 7) is 0.210. The Bertz CT molecular complexity index is 1290. The zero-order chi connectivity index (χ0) is 20.9. The van der Waals surface area contributed by atoms with Gasteiger partial charge in [-0.1, -0.05) is 36.4 Å². The minimum absolute atomic E-state index is 0.210. The molecule has 3 N–H and O–H groups in total. The van der Waals surface area contributed by atoms with Gasteiger partial charge >= 0.3 is 0 Å². The van der Waals surface area contributed by atoms with E-state index in [2.05, 4.69) is 16.0 Å². The Morgan fingerprint density at radius 1 is 0.867 bits per heavy atom. The number of carbonyl (C=O) groups excluding carboxylic acids is 1. The summed E-state index contributed by atoms with van der Waals surface area (Å²) >= 11 is 0. The molecular weight excluding hydrogens is 379 g/mol. The molecule has 0 saturated heterocycles. The van der Waals surface area contributed by atoms with Crippen LogP contribution in [0.3, 0.4) is 0 Å². The number of aromatic amines is 2. The van der Waals surface area contributed by atoms with Crippen molar-refractivity contribution in [3.63, 3.8) is 0 Å². The molecule has 0 aliphatic heterocycles. The number of nitrogens with one attached hydrogen (secondary N) is 2. The number of fused-ring (bicyclic) bond motifs is 2. The molecule has 0 saturated carbocycles. The second kappa shape index (κ2) is 8.76. The Kier molecular flexibility index (Phi) is 5.72. The topological polar surface area (TPSA) is 68.9 Å². The van der Waals surface area contributed by atoms with E-state index in [9.17, 15) is 9.18 Å². The van der Waals surface area contributed by atoms with Gasteiger partial charge in [-0.3, -0.25) is 4.79 Å². The molecule has 0 fully saturated rings. The van der Waals surface area contributed by atoms with E-state index in [-0.39, 0.29) is 12.4 Å². The number of hydrogen-bond acceptors (Lipinski definition) is 2. The quantitative estimate of drug-likeness (QED) is 0.349. The molecule has 150 valence electrons. The average Bonchev–Trinajstić information content (AvgIpc) is 3.36. The van der Waals surface area contributed by atoms with Gasteiger partial charge < -0.3 is 15.1 Å². The third-order valence-electron chi connectivity index (χ3n) is 5.05. The molecule has 3 aromatic carbocycles. The number of aliphatic hydroxyl groups is 1. The maximum Gasteiger partial charge on any atom is 0.152 e. The lowest BCUT2D eigenvalue weighted by atomic mass is 10.1. The normalized spacial score (nSPS) is 10.7. The van der Waals surface area contributed by atoms with Crippen molar-refractivity contribution < 1.29 is 14.3 Å². The lowest BCUT2D eigenvalue weighted by molar-refractivity contribution is 0.112. The first kappa shape index (κ1) is 19.6. The molecule has 5 aromatic rings. The molecule has 30 heavy (non-hydrogen) atoms. The number of H-pyrrole nitrogens is 2. The molecule has 2 aromatic heterocycles. The number of benzene rings is 3. The van der Waals surface area contributed by atoms with Gasteiger partial charge in [-0.25, -0.2) is 4.39 Å². The Morgan fingerprint density at radius 2 is 1.53 bits per heavy atom. The van der Waals surface area contributed by atoms with Crippen molar-refractivity contribution in [1.29, 1.82) is 0 Å². The largest absolute Gasteiger partial charge is 0.396 e. The number of rotatable bonds is 4. The van der Waals surface area contributed by atoms with Crippen molar-refractivity contribution >= 4 is 28.1 Å². The first-order valence-corrected chi connectivity index (χ1v) is 9.69. The van der Waals surface area contributed by atoms with Crippen molar-refractivity contribution in [3.8, 4) is 11.3 Å². The first-order chi connectivity index (χ1) is 14.7. The molecule has 2 heterocycles. The molecule has 5 rings (SSSR count). The fraction of sp³-hybridized carbons (Fsp3) is 0.0800. The van der Waals surface area contributed by atoms with Crippen LogP contribution in [0.1, 0.15) is 15.9 Å². The van der Waals surface area contributed by atoms with Crippen LogP contribution in [0.5, 0.6) is 0 Å². The van der Waals surface area contributed by atoms with E-state index in [1.54, 1.807) is 12.1 Å². The number of aldehydes is 1.